The van der Waals surface area contributed by atoms with E-state index in [2.05, 4.69) is 38.2 Å². The van der Waals surface area contributed by atoms with E-state index in [-0.39, 0.29) is 17.7 Å². The van der Waals surface area contributed by atoms with Gasteiger partial charge in [-0.25, -0.2) is 0 Å². The molecule has 0 radical (unpaired) electrons. The quantitative estimate of drug-likeness (QED) is 0.234. The number of nitrogens with one attached hydrogen (secondary N) is 1. The fourth-order valence-electron chi connectivity index (χ4n) is 5.38. The topological polar surface area (TPSA) is 112 Å². The van der Waals surface area contributed by atoms with Crippen LogP contribution in [0.1, 0.15) is 67.2 Å². The van der Waals surface area contributed by atoms with Crippen LogP contribution in [-0.2, 0) is 19.1 Å². The van der Waals surface area contributed by atoms with Crippen LogP contribution in [0.5, 0.6) is 0 Å². The number of hydrogen-bond acceptors (Lipinski definition) is 9. The third-order valence-corrected chi connectivity index (χ3v) is 7.66. The Morgan fingerprint density at radius 3 is 2.35 bits per heavy atom. The molecule has 0 bridgehead atoms. The summed E-state index contributed by atoms with van der Waals surface area (Å²) in [4.78, 5) is 30.2. The van der Waals surface area contributed by atoms with Gasteiger partial charge in [0, 0.05) is 25.0 Å². The molecule has 1 aliphatic rings. The first-order valence-corrected chi connectivity index (χ1v) is 14.0. The highest BCUT2D eigenvalue weighted by atomic mass is 16.6. The summed E-state index contributed by atoms with van der Waals surface area (Å²) in [5.41, 5.74) is -0.558. The summed E-state index contributed by atoms with van der Waals surface area (Å²) >= 11 is 0. The molecule has 37 heavy (non-hydrogen) atoms. The van der Waals surface area contributed by atoms with Crippen LogP contribution >= 0.6 is 0 Å². The second kappa shape index (κ2) is 16.1. The third kappa shape index (κ3) is 11.3. The predicted octanol–water partition coefficient (Wildman–Crippen LogP) is 1.94. The first-order chi connectivity index (χ1) is 17.2. The summed E-state index contributed by atoms with van der Waals surface area (Å²) < 4.78 is 12.0. The SMILES string of the molecule is CC[C@H]1OC(=O)C(C)C(=O)[C@H](C)C[C@](C)(OCCNCCCN(C)C)C[C@@H](C)CN(C)C(C)C(O)C1O. The lowest BCUT2D eigenvalue weighted by molar-refractivity contribution is -0.168. The lowest BCUT2D eigenvalue weighted by atomic mass is 9.81. The molecule has 4 unspecified atom stereocenters. The summed E-state index contributed by atoms with van der Waals surface area (Å²) in [5, 5.41) is 25.1. The van der Waals surface area contributed by atoms with E-state index in [4.69, 9.17) is 9.47 Å². The molecule has 8 atom stereocenters. The van der Waals surface area contributed by atoms with Crippen LogP contribution < -0.4 is 5.32 Å². The number of cyclic esters (lactones) is 1. The number of Topliss-reactive ketones (excluding diaryl/α,β-unsaturated/α-hetero) is 1. The lowest BCUT2D eigenvalue weighted by Gasteiger charge is -2.38. The minimum atomic E-state index is -1.25. The minimum Gasteiger partial charge on any atom is -0.459 e. The van der Waals surface area contributed by atoms with Gasteiger partial charge in [0.1, 0.15) is 23.9 Å². The Hall–Kier alpha value is -1.10. The van der Waals surface area contributed by atoms with Gasteiger partial charge >= 0.3 is 5.97 Å². The van der Waals surface area contributed by atoms with Crippen molar-refractivity contribution >= 4 is 11.8 Å². The highest BCUT2D eigenvalue weighted by molar-refractivity contribution is 5.99. The second-order valence-corrected chi connectivity index (χ2v) is 11.8. The van der Waals surface area contributed by atoms with E-state index in [0.29, 0.717) is 26.0 Å². The van der Waals surface area contributed by atoms with E-state index >= 15 is 0 Å². The molecule has 9 nitrogen and oxygen atoms in total. The molecule has 0 aromatic carbocycles. The number of nitrogens with zero attached hydrogens (tertiary/aromatic N) is 2. The first-order valence-electron chi connectivity index (χ1n) is 14.0. The van der Waals surface area contributed by atoms with Crippen molar-refractivity contribution in [1.29, 1.82) is 0 Å². The van der Waals surface area contributed by atoms with Crippen LogP contribution in [0.3, 0.4) is 0 Å². The average molecular weight is 530 g/mol. The number of likely N-dealkylation sites (N-methyl/N-ethyl adjacent to an activating group) is 1. The number of hydrogen-bond donors (Lipinski definition) is 3. The number of ether oxygens (including phenoxy) is 2. The summed E-state index contributed by atoms with van der Waals surface area (Å²) in [6.07, 6.45) is -0.623. The number of aliphatic hydroxyl groups excluding tert-OH is 2. The van der Waals surface area contributed by atoms with Crippen LogP contribution in [0.15, 0.2) is 0 Å². The van der Waals surface area contributed by atoms with Crippen LogP contribution in [0.4, 0.5) is 0 Å². The number of carbonyl (C=O) groups is 2. The van der Waals surface area contributed by atoms with Crippen molar-refractivity contribution < 1.29 is 29.3 Å². The molecule has 1 aliphatic heterocycles. The Bertz CT molecular complexity index is 693. The highest BCUT2D eigenvalue weighted by Gasteiger charge is 2.39. The van der Waals surface area contributed by atoms with E-state index in [9.17, 15) is 19.8 Å². The maximum Gasteiger partial charge on any atom is 0.316 e. The minimum absolute atomic E-state index is 0.195. The summed E-state index contributed by atoms with van der Waals surface area (Å²) in [7, 11) is 6.05. The van der Waals surface area contributed by atoms with Crippen LogP contribution in [0.25, 0.3) is 0 Å². The van der Waals surface area contributed by atoms with Gasteiger partial charge in [-0.1, -0.05) is 20.8 Å². The lowest BCUT2D eigenvalue weighted by Crippen LogP contribution is -2.51. The van der Waals surface area contributed by atoms with Gasteiger partial charge in [-0.15, -0.1) is 0 Å². The molecule has 3 N–H and O–H groups in total. The Labute approximate surface area is 225 Å². The third-order valence-electron chi connectivity index (χ3n) is 7.66. The predicted molar refractivity (Wildman–Crippen MR) is 146 cm³/mol. The molecule has 0 spiro atoms. The van der Waals surface area contributed by atoms with Crippen molar-refractivity contribution in [2.45, 2.75) is 97.2 Å². The molecule has 218 valence electrons. The normalized spacial score (nSPS) is 35.7. The second-order valence-electron chi connectivity index (χ2n) is 11.8. The van der Waals surface area contributed by atoms with Crippen molar-refractivity contribution in [3.8, 4) is 0 Å². The zero-order chi connectivity index (χ0) is 28.3. The van der Waals surface area contributed by atoms with Gasteiger partial charge in [0.25, 0.3) is 0 Å². The van der Waals surface area contributed by atoms with Gasteiger partial charge < -0.3 is 34.8 Å². The van der Waals surface area contributed by atoms with Crippen LogP contribution in [0, 0.1) is 17.8 Å². The fourth-order valence-corrected chi connectivity index (χ4v) is 5.38. The molecule has 0 amide bonds. The molecular weight excluding hydrogens is 474 g/mol. The highest BCUT2D eigenvalue weighted by Crippen LogP contribution is 2.31. The van der Waals surface area contributed by atoms with Crippen molar-refractivity contribution in [3.63, 3.8) is 0 Å². The van der Waals surface area contributed by atoms with Crippen molar-refractivity contribution in [3.05, 3.63) is 0 Å². The van der Waals surface area contributed by atoms with Crippen LogP contribution in [-0.4, -0.2) is 116 Å². The molecule has 1 rings (SSSR count). The van der Waals surface area contributed by atoms with Gasteiger partial charge in [-0.2, -0.15) is 0 Å². The van der Waals surface area contributed by atoms with Crippen molar-refractivity contribution in [2.75, 3.05) is 53.9 Å². The molecule has 0 aromatic heterocycles. The monoisotopic (exact) mass is 529 g/mol. The fraction of sp³-hybridized carbons (Fsp3) is 0.929. The van der Waals surface area contributed by atoms with Crippen molar-refractivity contribution in [2.24, 2.45) is 17.8 Å². The molecule has 0 aromatic rings. The molecule has 0 aliphatic carbocycles. The van der Waals surface area contributed by atoms with Gasteiger partial charge in [0.15, 0.2) is 0 Å². The Morgan fingerprint density at radius 2 is 1.76 bits per heavy atom. The zero-order valence-corrected chi connectivity index (χ0v) is 24.8. The maximum atomic E-state index is 13.2. The largest absolute Gasteiger partial charge is 0.459 e. The van der Waals surface area contributed by atoms with Crippen molar-refractivity contribution in [1.82, 2.24) is 15.1 Å². The Kier molecular flexibility index (Phi) is 14.8. The summed E-state index contributed by atoms with van der Waals surface area (Å²) in [6, 6.07) is -0.355. The molecular formula is C28H55N3O6. The first kappa shape index (κ1) is 33.9. The van der Waals surface area contributed by atoms with Crippen LogP contribution in [0.2, 0.25) is 0 Å². The number of aliphatic hydroxyl groups is 2. The van der Waals surface area contributed by atoms with Gasteiger partial charge in [-0.05, 0) is 86.6 Å². The summed E-state index contributed by atoms with van der Waals surface area (Å²) in [6.45, 7) is 15.1. The van der Waals surface area contributed by atoms with E-state index < -0.39 is 41.7 Å². The molecule has 0 saturated carbocycles. The molecule has 1 heterocycles. The Balaban J connectivity index is 3.05. The zero-order valence-electron chi connectivity index (χ0n) is 24.8. The van der Waals surface area contributed by atoms with E-state index in [1.165, 1.54) is 0 Å². The molecule has 1 saturated heterocycles. The Morgan fingerprint density at radius 1 is 1.11 bits per heavy atom. The number of esters is 1. The van der Waals surface area contributed by atoms with E-state index in [0.717, 1.165) is 32.5 Å². The standard InChI is InChI=1S/C28H55N3O6/c1-10-23-26(34)25(33)22(5)31(9)18-19(2)16-28(6,36-15-13-29-12-11-14-30(7)8)17-20(3)24(32)21(4)27(35)37-23/h19-23,25-26,29,33-34H,10-18H2,1-9H3/t19-,20-,21?,22?,23-,25?,26?,28-/m1/s1. The molecule has 1 fully saturated rings. The summed E-state index contributed by atoms with van der Waals surface area (Å²) in [5.74, 6) is -2.01. The number of ketones is 1. The smallest absolute Gasteiger partial charge is 0.316 e. The molecule has 9 heteroatoms. The van der Waals surface area contributed by atoms with E-state index in [1.54, 1.807) is 13.8 Å². The maximum absolute atomic E-state index is 13.2. The van der Waals surface area contributed by atoms with Gasteiger partial charge in [-0.3, -0.25) is 9.59 Å². The van der Waals surface area contributed by atoms with E-state index in [1.807, 2.05) is 25.8 Å². The van der Waals surface area contributed by atoms with Gasteiger partial charge in [0.2, 0.25) is 0 Å². The number of carbonyl (C=O) groups excluding carboxylic acids is 2. The number of rotatable bonds is 9. The average Bonchev–Trinajstić information content (AvgIpc) is 2.83. The van der Waals surface area contributed by atoms with Gasteiger partial charge in [0.05, 0.1) is 18.3 Å².